The van der Waals surface area contributed by atoms with Gasteiger partial charge in [-0.05, 0) is 37.2 Å². The number of piperazine rings is 1. The lowest BCUT2D eigenvalue weighted by molar-refractivity contribution is -0.134. The lowest BCUT2D eigenvalue weighted by Crippen LogP contribution is -2.48. The average Bonchev–Trinajstić information content (AvgIpc) is 2.86. The number of hydrogen-bond acceptors (Lipinski definition) is 4. The molecule has 0 unspecified atom stereocenters. The van der Waals surface area contributed by atoms with Crippen LogP contribution in [-0.2, 0) is 11.2 Å². The third kappa shape index (κ3) is 3.08. The Hall–Kier alpha value is -1.88. The highest BCUT2D eigenvalue weighted by Gasteiger charge is 2.21. The highest BCUT2D eigenvalue weighted by molar-refractivity contribution is 6.00. The summed E-state index contributed by atoms with van der Waals surface area (Å²) in [6, 6.07) is 5.47. The van der Waals surface area contributed by atoms with Crippen LogP contribution >= 0.6 is 0 Å². The van der Waals surface area contributed by atoms with Crippen molar-refractivity contribution in [3.63, 3.8) is 0 Å². The molecular formula is C16H20N2O3. The predicted molar refractivity (Wildman–Crippen MR) is 78.7 cm³/mol. The summed E-state index contributed by atoms with van der Waals surface area (Å²) >= 11 is 0. The third-order valence-corrected chi connectivity index (χ3v) is 4.22. The van der Waals surface area contributed by atoms with E-state index in [1.807, 2.05) is 11.0 Å². The zero-order chi connectivity index (χ0) is 14.8. The topological polar surface area (TPSA) is 49.9 Å². The van der Waals surface area contributed by atoms with Crippen molar-refractivity contribution in [2.45, 2.75) is 12.8 Å². The van der Waals surface area contributed by atoms with E-state index >= 15 is 0 Å². The minimum Gasteiger partial charge on any atom is -0.484 e. The number of benzene rings is 1. The van der Waals surface area contributed by atoms with Crippen molar-refractivity contribution in [2.24, 2.45) is 0 Å². The summed E-state index contributed by atoms with van der Waals surface area (Å²) in [7, 11) is 2.06. The van der Waals surface area contributed by atoms with Gasteiger partial charge < -0.3 is 14.5 Å². The molecule has 5 nitrogen and oxygen atoms in total. The van der Waals surface area contributed by atoms with Crippen LogP contribution < -0.4 is 4.74 Å². The Labute approximate surface area is 124 Å². The molecule has 0 saturated carbocycles. The molecule has 2 aliphatic rings. The van der Waals surface area contributed by atoms with Crippen molar-refractivity contribution >= 4 is 11.7 Å². The third-order valence-electron chi connectivity index (χ3n) is 4.22. The first kappa shape index (κ1) is 14.1. The van der Waals surface area contributed by atoms with Gasteiger partial charge in [0.1, 0.15) is 5.75 Å². The normalized spacial score (nSPS) is 18.7. The molecule has 21 heavy (non-hydrogen) atoms. The van der Waals surface area contributed by atoms with E-state index < -0.39 is 0 Å². The largest absolute Gasteiger partial charge is 0.484 e. The number of carbonyl (C=O) groups excluding carboxylic acids is 2. The van der Waals surface area contributed by atoms with Crippen molar-refractivity contribution in [2.75, 3.05) is 39.8 Å². The summed E-state index contributed by atoms with van der Waals surface area (Å²) in [5, 5.41) is 0. The fourth-order valence-corrected chi connectivity index (χ4v) is 2.81. The van der Waals surface area contributed by atoms with Crippen LogP contribution in [0.4, 0.5) is 0 Å². The molecule has 112 valence electrons. The molecule has 1 saturated heterocycles. The van der Waals surface area contributed by atoms with Crippen LogP contribution in [0, 0.1) is 0 Å². The van der Waals surface area contributed by atoms with E-state index in [2.05, 4.69) is 11.9 Å². The quantitative estimate of drug-likeness (QED) is 0.831. The fraction of sp³-hybridized carbons (Fsp3) is 0.500. The van der Waals surface area contributed by atoms with Crippen molar-refractivity contribution in [3.8, 4) is 5.75 Å². The second-order valence-electron chi connectivity index (χ2n) is 5.71. The van der Waals surface area contributed by atoms with E-state index in [9.17, 15) is 9.59 Å². The standard InChI is InChI=1S/C16H20N2O3/c1-17-6-8-18(9-7-17)16(20)11-21-13-3-4-14-12(10-13)2-5-15(14)19/h3-4,10H,2,5-9,11H2,1H3. The minimum absolute atomic E-state index is 0.0275. The number of hydrogen-bond donors (Lipinski definition) is 0. The van der Waals surface area contributed by atoms with Gasteiger partial charge in [-0.2, -0.15) is 0 Å². The Morgan fingerprint density at radius 2 is 1.95 bits per heavy atom. The van der Waals surface area contributed by atoms with E-state index in [1.54, 1.807) is 12.1 Å². The first-order chi connectivity index (χ1) is 10.1. The van der Waals surface area contributed by atoms with Crippen LogP contribution in [0.3, 0.4) is 0 Å². The summed E-state index contributed by atoms with van der Waals surface area (Å²) in [6.45, 7) is 3.41. The molecule has 1 aliphatic heterocycles. The van der Waals surface area contributed by atoms with Gasteiger partial charge in [0.25, 0.3) is 5.91 Å². The van der Waals surface area contributed by atoms with Gasteiger partial charge in [-0.1, -0.05) is 0 Å². The minimum atomic E-state index is 0.0275. The summed E-state index contributed by atoms with van der Waals surface area (Å²) < 4.78 is 5.59. The first-order valence-corrected chi connectivity index (χ1v) is 7.39. The van der Waals surface area contributed by atoms with Crippen LogP contribution in [0.15, 0.2) is 18.2 Å². The molecule has 5 heteroatoms. The number of rotatable bonds is 3. The lowest BCUT2D eigenvalue weighted by atomic mass is 10.1. The lowest BCUT2D eigenvalue weighted by Gasteiger charge is -2.32. The van der Waals surface area contributed by atoms with E-state index in [1.165, 1.54) is 0 Å². The Morgan fingerprint density at radius 1 is 1.19 bits per heavy atom. The Bertz CT molecular complexity index is 563. The van der Waals surface area contributed by atoms with Gasteiger partial charge in [-0.15, -0.1) is 0 Å². The maximum atomic E-state index is 12.1. The van der Waals surface area contributed by atoms with E-state index in [4.69, 9.17) is 4.74 Å². The van der Waals surface area contributed by atoms with Crippen LogP contribution in [0.1, 0.15) is 22.3 Å². The van der Waals surface area contributed by atoms with Gasteiger partial charge in [0, 0.05) is 38.2 Å². The summed E-state index contributed by atoms with van der Waals surface area (Å²) in [5.74, 6) is 0.899. The van der Waals surface area contributed by atoms with Crippen LogP contribution in [-0.4, -0.2) is 61.3 Å². The van der Waals surface area contributed by atoms with Gasteiger partial charge in [0.05, 0.1) is 0 Å². The highest BCUT2D eigenvalue weighted by Crippen LogP contribution is 2.26. The number of fused-ring (bicyclic) bond motifs is 1. The van der Waals surface area contributed by atoms with Gasteiger partial charge >= 0.3 is 0 Å². The second kappa shape index (κ2) is 5.85. The van der Waals surface area contributed by atoms with Crippen LogP contribution in [0.2, 0.25) is 0 Å². The smallest absolute Gasteiger partial charge is 0.260 e. The summed E-state index contributed by atoms with van der Waals surface area (Å²) in [6.07, 6.45) is 1.36. The Morgan fingerprint density at radius 3 is 2.71 bits per heavy atom. The molecule has 3 rings (SSSR count). The van der Waals surface area contributed by atoms with E-state index in [-0.39, 0.29) is 18.3 Å². The number of Topliss-reactive ketones (excluding diaryl/α,β-unsaturated/α-hetero) is 1. The number of amides is 1. The van der Waals surface area contributed by atoms with Crippen molar-refractivity contribution in [1.29, 1.82) is 0 Å². The number of likely N-dealkylation sites (N-methyl/N-ethyl adjacent to an activating group) is 1. The number of ketones is 1. The maximum absolute atomic E-state index is 12.1. The van der Waals surface area contributed by atoms with Crippen molar-refractivity contribution < 1.29 is 14.3 Å². The van der Waals surface area contributed by atoms with E-state index in [0.717, 1.165) is 43.7 Å². The molecule has 0 N–H and O–H groups in total. The summed E-state index contributed by atoms with van der Waals surface area (Å²) in [4.78, 5) is 27.7. The van der Waals surface area contributed by atoms with Crippen molar-refractivity contribution in [1.82, 2.24) is 9.80 Å². The molecule has 0 radical (unpaired) electrons. The van der Waals surface area contributed by atoms with Crippen molar-refractivity contribution in [3.05, 3.63) is 29.3 Å². The van der Waals surface area contributed by atoms with Crippen LogP contribution in [0.5, 0.6) is 5.75 Å². The molecule has 1 aromatic rings. The Kier molecular flexibility index (Phi) is 3.92. The Balaban J connectivity index is 1.56. The van der Waals surface area contributed by atoms with Gasteiger partial charge in [0.2, 0.25) is 0 Å². The predicted octanol–water partition coefficient (Wildman–Crippen LogP) is 0.968. The van der Waals surface area contributed by atoms with Gasteiger partial charge in [-0.3, -0.25) is 9.59 Å². The molecule has 1 heterocycles. The molecule has 1 aliphatic carbocycles. The summed E-state index contributed by atoms with van der Waals surface area (Å²) in [5.41, 5.74) is 1.83. The number of ether oxygens (including phenoxy) is 1. The monoisotopic (exact) mass is 288 g/mol. The average molecular weight is 288 g/mol. The molecule has 1 fully saturated rings. The number of carbonyl (C=O) groups is 2. The van der Waals surface area contributed by atoms with Gasteiger partial charge in [-0.25, -0.2) is 0 Å². The molecule has 0 bridgehead atoms. The first-order valence-electron chi connectivity index (χ1n) is 7.39. The zero-order valence-electron chi connectivity index (χ0n) is 12.3. The molecular weight excluding hydrogens is 268 g/mol. The molecule has 0 spiro atoms. The molecule has 0 atom stereocenters. The number of aryl methyl sites for hydroxylation is 1. The molecule has 0 aromatic heterocycles. The number of nitrogens with zero attached hydrogens (tertiary/aromatic N) is 2. The second-order valence-corrected chi connectivity index (χ2v) is 5.71. The highest BCUT2D eigenvalue weighted by atomic mass is 16.5. The SMILES string of the molecule is CN1CCN(C(=O)COc2ccc3c(c2)CCC3=O)CC1. The maximum Gasteiger partial charge on any atom is 0.260 e. The van der Waals surface area contributed by atoms with Gasteiger partial charge in [0.15, 0.2) is 12.4 Å². The zero-order valence-corrected chi connectivity index (χ0v) is 12.3. The van der Waals surface area contributed by atoms with Crippen LogP contribution in [0.25, 0.3) is 0 Å². The molecule has 1 amide bonds. The fourth-order valence-electron chi connectivity index (χ4n) is 2.81. The van der Waals surface area contributed by atoms with E-state index in [0.29, 0.717) is 12.2 Å². The molecule has 1 aromatic carbocycles.